The van der Waals surface area contributed by atoms with Gasteiger partial charge in [-0.25, -0.2) is 4.79 Å². The van der Waals surface area contributed by atoms with E-state index < -0.39 is 23.8 Å². The van der Waals surface area contributed by atoms with Crippen LogP contribution in [0.2, 0.25) is 10.0 Å². The fourth-order valence-corrected chi connectivity index (χ4v) is 2.93. The predicted octanol–water partition coefficient (Wildman–Crippen LogP) is 5.35. The summed E-state index contributed by atoms with van der Waals surface area (Å²) in [5.41, 5.74) is -0.969. The van der Waals surface area contributed by atoms with Gasteiger partial charge in [0.05, 0.1) is 27.8 Å². The van der Waals surface area contributed by atoms with Crippen LogP contribution in [-0.2, 0) is 4.79 Å². The Labute approximate surface area is 152 Å². The number of carbonyl (C=O) groups is 1. The second-order valence-corrected chi connectivity index (χ2v) is 6.23. The Hall–Kier alpha value is -1.60. The van der Waals surface area contributed by atoms with Crippen molar-refractivity contribution in [3.05, 3.63) is 27.2 Å². The summed E-state index contributed by atoms with van der Waals surface area (Å²) in [4.78, 5) is 11.2. The fourth-order valence-electron chi connectivity index (χ4n) is 2.36. The van der Waals surface area contributed by atoms with E-state index in [4.69, 9.17) is 37.8 Å². The average Bonchev–Trinajstić information content (AvgIpc) is 2.51. The third-order valence-electron chi connectivity index (χ3n) is 3.53. The Bertz CT molecular complexity index is 702. The van der Waals surface area contributed by atoms with Gasteiger partial charge in [-0.1, -0.05) is 43.0 Å². The number of aliphatic carboxylic acids is 1. The quantitative estimate of drug-likeness (QED) is 0.655. The minimum Gasteiger partial charge on any atom is -0.491 e. The van der Waals surface area contributed by atoms with E-state index in [2.05, 4.69) is 0 Å². The van der Waals surface area contributed by atoms with Crippen molar-refractivity contribution in [2.45, 2.75) is 38.5 Å². The van der Waals surface area contributed by atoms with Crippen LogP contribution in [0.15, 0.2) is 11.6 Å². The number of ether oxygens (including phenoxy) is 2. The highest BCUT2D eigenvalue weighted by Crippen LogP contribution is 2.47. The number of hydrogen-bond acceptors (Lipinski definition) is 3. The van der Waals surface area contributed by atoms with Gasteiger partial charge in [0.1, 0.15) is 11.5 Å². The van der Waals surface area contributed by atoms with Crippen molar-refractivity contribution >= 4 is 35.2 Å². The van der Waals surface area contributed by atoms with Gasteiger partial charge in [0.15, 0.2) is 0 Å². The number of fused-ring (bicyclic) bond motifs is 1. The first-order valence-corrected chi connectivity index (χ1v) is 8.25. The van der Waals surface area contributed by atoms with E-state index in [1.165, 1.54) is 6.07 Å². The normalized spacial score (nSPS) is 16.7. The number of rotatable bonds is 6. The second-order valence-electron chi connectivity index (χ2n) is 5.41. The maximum atomic E-state index is 13.1. The smallest absolute Gasteiger partial charge is 0.430 e. The number of unbranched alkanes of at least 4 members (excludes halogenated alkanes) is 2. The van der Waals surface area contributed by atoms with Gasteiger partial charge >= 0.3 is 12.1 Å². The van der Waals surface area contributed by atoms with Gasteiger partial charge in [-0.05, 0) is 18.6 Å². The van der Waals surface area contributed by atoms with Crippen molar-refractivity contribution in [1.29, 1.82) is 0 Å². The maximum Gasteiger partial charge on any atom is 0.430 e. The lowest BCUT2D eigenvalue weighted by Crippen LogP contribution is -2.40. The highest BCUT2D eigenvalue weighted by Gasteiger charge is 2.49. The zero-order chi connectivity index (χ0) is 18.8. The molecule has 138 valence electrons. The minimum absolute atomic E-state index is 0.00750. The molecule has 4 nitrogen and oxygen atoms in total. The summed E-state index contributed by atoms with van der Waals surface area (Å²) < 4.78 is 49.8. The highest BCUT2D eigenvalue weighted by molar-refractivity contribution is 6.37. The Morgan fingerprint density at radius 2 is 2.00 bits per heavy atom. The fraction of sp³-hybridized carbons (Fsp3) is 0.438. The molecule has 0 saturated carbocycles. The summed E-state index contributed by atoms with van der Waals surface area (Å²) in [5.74, 6) is -2.00. The second kappa shape index (κ2) is 7.74. The van der Waals surface area contributed by atoms with Gasteiger partial charge in [0.25, 0.3) is 0 Å². The summed E-state index contributed by atoms with van der Waals surface area (Å²) in [5, 5.41) is 9.03. The highest BCUT2D eigenvalue weighted by atomic mass is 35.5. The number of hydrogen-bond donors (Lipinski definition) is 1. The lowest BCUT2D eigenvalue weighted by molar-refractivity contribution is -0.187. The molecule has 0 fully saturated rings. The molecule has 1 aromatic carbocycles. The van der Waals surface area contributed by atoms with Crippen molar-refractivity contribution < 1.29 is 32.5 Å². The monoisotopic (exact) mass is 398 g/mol. The van der Waals surface area contributed by atoms with Gasteiger partial charge in [-0.2, -0.15) is 13.2 Å². The van der Waals surface area contributed by atoms with Crippen molar-refractivity contribution in [3.8, 4) is 11.5 Å². The molecular formula is C16H15Cl2F3O4. The standard InChI is InChI=1S/C16H15Cl2F3O4/c1-2-3-4-5-24-12-8-6-9(15(22)23)14(16(19,20)21)25-13(8)11(18)7-10(12)17/h6-7,14H,2-5H2,1H3,(H,22,23). The lowest BCUT2D eigenvalue weighted by Gasteiger charge is -2.28. The SMILES string of the molecule is CCCCCOc1c(Cl)cc(Cl)c2c1C=C(C(=O)O)C(C(F)(F)F)O2. The summed E-state index contributed by atoms with van der Waals surface area (Å²) >= 11 is 12.0. The first-order chi connectivity index (χ1) is 11.7. The van der Waals surface area contributed by atoms with E-state index in [1.54, 1.807) is 0 Å². The van der Waals surface area contributed by atoms with Crippen molar-refractivity contribution in [2.75, 3.05) is 6.61 Å². The first-order valence-electron chi connectivity index (χ1n) is 7.49. The first kappa shape index (κ1) is 19.7. The number of carboxylic acid groups (broad SMARTS) is 1. The van der Waals surface area contributed by atoms with E-state index in [0.717, 1.165) is 18.9 Å². The zero-order valence-corrected chi connectivity index (χ0v) is 14.6. The van der Waals surface area contributed by atoms with E-state index in [-0.39, 0.29) is 33.7 Å². The molecule has 1 aliphatic rings. The minimum atomic E-state index is -4.91. The van der Waals surface area contributed by atoms with E-state index in [1.807, 2.05) is 6.92 Å². The number of carboxylic acids is 1. The van der Waals surface area contributed by atoms with Crippen LogP contribution in [-0.4, -0.2) is 30.0 Å². The lowest BCUT2D eigenvalue weighted by atomic mass is 10.0. The van der Waals surface area contributed by atoms with E-state index in [0.29, 0.717) is 6.42 Å². The van der Waals surface area contributed by atoms with Crippen molar-refractivity contribution in [1.82, 2.24) is 0 Å². The third-order valence-corrected chi connectivity index (χ3v) is 4.09. The number of benzene rings is 1. The molecule has 0 bridgehead atoms. The Morgan fingerprint density at radius 1 is 1.32 bits per heavy atom. The molecule has 0 aromatic heterocycles. The van der Waals surface area contributed by atoms with Crippen LogP contribution in [0.3, 0.4) is 0 Å². The molecule has 2 rings (SSSR count). The molecule has 0 radical (unpaired) electrons. The van der Waals surface area contributed by atoms with Crippen LogP contribution in [0.25, 0.3) is 6.08 Å². The molecule has 1 aromatic rings. The topological polar surface area (TPSA) is 55.8 Å². The molecule has 1 aliphatic heterocycles. The van der Waals surface area contributed by atoms with Crippen LogP contribution < -0.4 is 9.47 Å². The van der Waals surface area contributed by atoms with Crippen LogP contribution in [0.5, 0.6) is 11.5 Å². The van der Waals surface area contributed by atoms with Gasteiger partial charge in [0, 0.05) is 0 Å². The van der Waals surface area contributed by atoms with Gasteiger partial charge in [-0.15, -0.1) is 0 Å². The molecule has 9 heteroatoms. The largest absolute Gasteiger partial charge is 0.491 e. The molecule has 0 saturated heterocycles. The van der Waals surface area contributed by atoms with Gasteiger partial charge in [0.2, 0.25) is 6.10 Å². The number of alkyl halides is 3. The summed E-state index contributed by atoms with van der Waals surface area (Å²) in [6.07, 6.45) is -4.11. The summed E-state index contributed by atoms with van der Waals surface area (Å²) in [6, 6.07) is 1.21. The molecule has 1 atom stereocenters. The van der Waals surface area contributed by atoms with Crippen LogP contribution in [0, 0.1) is 0 Å². The van der Waals surface area contributed by atoms with Gasteiger partial charge in [-0.3, -0.25) is 0 Å². The molecule has 0 amide bonds. The zero-order valence-electron chi connectivity index (χ0n) is 13.1. The molecule has 1 heterocycles. The summed E-state index contributed by atoms with van der Waals surface area (Å²) in [7, 11) is 0. The molecule has 25 heavy (non-hydrogen) atoms. The van der Waals surface area contributed by atoms with E-state index >= 15 is 0 Å². The van der Waals surface area contributed by atoms with Crippen LogP contribution >= 0.6 is 23.2 Å². The number of halogens is 5. The molecule has 1 unspecified atom stereocenters. The van der Waals surface area contributed by atoms with E-state index in [9.17, 15) is 18.0 Å². The van der Waals surface area contributed by atoms with Crippen LogP contribution in [0.1, 0.15) is 31.7 Å². The predicted molar refractivity (Wildman–Crippen MR) is 87.6 cm³/mol. The Balaban J connectivity index is 2.50. The van der Waals surface area contributed by atoms with Gasteiger partial charge < -0.3 is 14.6 Å². The Kier molecular flexibility index (Phi) is 6.11. The summed E-state index contributed by atoms with van der Waals surface area (Å²) in [6.45, 7) is 2.28. The Morgan fingerprint density at radius 3 is 2.56 bits per heavy atom. The molecule has 0 aliphatic carbocycles. The molecular weight excluding hydrogens is 384 g/mol. The van der Waals surface area contributed by atoms with Crippen LogP contribution in [0.4, 0.5) is 13.2 Å². The third kappa shape index (κ3) is 4.33. The van der Waals surface area contributed by atoms with Crippen molar-refractivity contribution in [3.63, 3.8) is 0 Å². The molecule has 0 spiro atoms. The average molecular weight is 399 g/mol. The molecule has 1 N–H and O–H groups in total. The van der Waals surface area contributed by atoms with Crippen molar-refractivity contribution in [2.24, 2.45) is 0 Å². The maximum absolute atomic E-state index is 13.1.